The smallest absolute Gasteiger partial charge is 0.199 e. The monoisotopic (exact) mass is 468 g/mol. The van der Waals surface area contributed by atoms with Crippen LogP contribution in [-0.2, 0) is 5.54 Å². The fraction of sp³-hybridized carbons (Fsp3) is 0.0357. The number of aromatic amines is 1. The van der Waals surface area contributed by atoms with Gasteiger partial charge in [0.1, 0.15) is 0 Å². The Balaban J connectivity index is 1.73. The lowest BCUT2D eigenvalue weighted by molar-refractivity contribution is 0.0942. The van der Waals surface area contributed by atoms with Crippen LogP contribution in [0.3, 0.4) is 0 Å². The Morgan fingerprint density at radius 3 is 2.06 bits per heavy atom. The first-order valence-electron chi connectivity index (χ1n) is 10.6. The van der Waals surface area contributed by atoms with E-state index >= 15 is 0 Å². The quantitative estimate of drug-likeness (QED) is 0.285. The maximum absolute atomic E-state index is 14.3. The van der Waals surface area contributed by atoms with Crippen LogP contribution in [-0.4, -0.2) is 10.8 Å². The predicted octanol–water partition coefficient (Wildman–Crippen LogP) is 7.69. The van der Waals surface area contributed by atoms with Gasteiger partial charge in [0.15, 0.2) is 11.3 Å². The van der Waals surface area contributed by atoms with Crippen molar-refractivity contribution < 1.29 is 4.79 Å². The molecule has 0 saturated heterocycles. The first-order valence-corrected chi connectivity index (χ1v) is 11.4. The highest BCUT2D eigenvalue weighted by Crippen LogP contribution is 2.49. The molecule has 3 nitrogen and oxygen atoms in total. The van der Waals surface area contributed by atoms with E-state index in [9.17, 15) is 4.79 Å². The van der Waals surface area contributed by atoms with E-state index in [1.807, 2.05) is 91.0 Å². The van der Waals surface area contributed by atoms with Crippen molar-refractivity contribution in [2.24, 2.45) is 0 Å². The number of H-pyrrole nitrogens is 1. The van der Waals surface area contributed by atoms with Crippen molar-refractivity contribution >= 4 is 45.6 Å². The van der Waals surface area contributed by atoms with Crippen LogP contribution in [0.2, 0.25) is 10.0 Å². The summed E-state index contributed by atoms with van der Waals surface area (Å²) in [7, 11) is 0. The number of carbonyl (C=O) groups excluding carboxylic acids is 1. The fourth-order valence-electron chi connectivity index (χ4n) is 4.84. The molecule has 1 aromatic heterocycles. The second kappa shape index (κ2) is 7.51. The Hall–Kier alpha value is -3.53. The molecule has 5 aromatic rings. The number of nitrogens with one attached hydrogen (secondary N) is 2. The zero-order valence-corrected chi connectivity index (χ0v) is 18.9. The highest BCUT2D eigenvalue weighted by molar-refractivity contribution is 6.31. The number of halogens is 2. The minimum Gasteiger partial charge on any atom is -0.365 e. The third-order valence-electron chi connectivity index (χ3n) is 6.33. The van der Waals surface area contributed by atoms with Gasteiger partial charge in [-0.05, 0) is 53.6 Å². The molecule has 0 bridgehead atoms. The van der Waals surface area contributed by atoms with Gasteiger partial charge in [-0.2, -0.15) is 0 Å². The number of ketones is 1. The van der Waals surface area contributed by atoms with Crippen LogP contribution in [0, 0.1) is 0 Å². The summed E-state index contributed by atoms with van der Waals surface area (Å²) >= 11 is 12.4. The lowest BCUT2D eigenvalue weighted by Crippen LogP contribution is -2.40. The van der Waals surface area contributed by atoms with E-state index < -0.39 is 5.54 Å². The number of benzene rings is 4. The Morgan fingerprint density at radius 2 is 1.33 bits per heavy atom. The fourth-order valence-corrected chi connectivity index (χ4v) is 5.09. The molecular weight excluding hydrogens is 451 g/mol. The van der Waals surface area contributed by atoms with Crippen molar-refractivity contribution in [2.45, 2.75) is 5.54 Å². The van der Waals surface area contributed by atoms with Crippen LogP contribution in [0.5, 0.6) is 0 Å². The minimum absolute atomic E-state index is 0.000360. The van der Waals surface area contributed by atoms with E-state index in [4.69, 9.17) is 23.2 Å². The number of aromatic nitrogens is 1. The van der Waals surface area contributed by atoms with E-state index in [1.165, 1.54) is 0 Å². The van der Waals surface area contributed by atoms with Crippen LogP contribution in [0.1, 0.15) is 21.5 Å². The van der Waals surface area contributed by atoms with Crippen LogP contribution in [0.15, 0.2) is 97.1 Å². The van der Waals surface area contributed by atoms with E-state index in [0.29, 0.717) is 15.6 Å². The van der Waals surface area contributed by atoms with Gasteiger partial charge in [-0.15, -0.1) is 0 Å². The van der Waals surface area contributed by atoms with Crippen molar-refractivity contribution in [3.8, 4) is 11.3 Å². The van der Waals surface area contributed by atoms with Crippen LogP contribution in [0.4, 0.5) is 5.69 Å². The largest absolute Gasteiger partial charge is 0.365 e. The average molecular weight is 469 g/mol. The number of para-hydroxylation sites is 2. The second-order valence-electron chi connectivity index (χ2n) is 8.18. The molecule has 33 heavy (non-hydrogen) atoms. The molecule has 0 aliphatic carbocycles. The molecule has 5 heteroatoms. The number of anilines is 1. The number of hydrogen-bond donors (Lipinski definition) is 2. The summed E-state index contributed by atoms with van der Waals surface area (Å²) in [4.78, 5) is 17.8. The molecule has 0 fully saturated rings. The number of rotatable bonds is 3. The molecule has 1 aliphatic heterocycles. The number of Topliss-reactive ketones (excluding diaryl/α,β-unsaturated/α-hetero) is 1. The van der Waals surface area contributed by atoms with Gasteiger partial charge >= 0.3 is 0 Å². The van der Waals surface area contributed by atoms with Gasteiger partial charge in [0.25, 0.3) is 0 Å². The lowest BCUT2D eigenvalue weighted by Gasteiger charge is -2.31. The zero-order chi connectivity index (χ0) is 22.6. The summed E-state index contributed by atoms with van der Waals surface area (Å²) in [6.07, 6.45) is 0. The van der Waals surface area contributed by atoms with Crippen molar-refractivity contribution in [2.75, 3.05) is 5.32 Å². The maximum atomic E-state index is 14.3. The molecule has 1 unspecified atom stereocenters. The summed E-state index contributed by atoms with van der Waals surface area (Å²) in [5, 5.41) is 5.87. The Bertz CT molecular complexity index is 1520. The van der Waals surface area contributed by atoms with E-state index in [2.05, 4.69) is 16.4 Å². The molecule has 2 N–H and O–H groups in total. The lowest BCUT2D eigenvalue weighted by atomic mass is 9.77. The Kier molecular flexibility index (Phi) is 4.58. The van der Waals surface area contributed by atoms with Gasteiger partial charge in [-0.1, -0.05) is 77.8 Å². The van der Waals surface area contributed by atoms with Gasteiger partial charge in [-0.25, -0.2) is 0 Å². The number of fused-ring (bicyclic) bond motifs is 2. The van der Waals surface area contributed by atoms with E-state index in [0.717, 1.165) is 39.0 Å². The standard InChI is InChI=1S/C28H18Cl2N2O/c29-19-13-9-17(10-14-19)26-25(21-5-1-3-7-23(21)31-26)28(18-11-15-20(30)16-12-18)27(33)22-6-2-4-8-24(22)32-28/h1-16,31-32H. The van der Waals surface area contributed by atoms with E-state index in [-0.39, 0.29) is 5.78 Å². The molecule has 0 radical (unpaired) electrons. The molecule has 0 spiro atoms. The Labute approximate surface area is 201 Å². The maximum Gasteiger partial charge on any atom is 0.199 e. The van der Waals surface area contributed by atoms with Crippen LogP contribution >= 0.6 is 23.2 Å². The highest BCUT2D eigenvalue weighted by atomic mass is 35.5. The molecule has 6 rings (SSSR count). The van der Waals surface area contributed by atoms with Crippen molar-refractivity contribution in [1.82, 2.24) is 4.98 Å². The normalized spacial score (nSPS) is 17.2. The summed E-state index contributed by atoms with van der Waals surface area (Å²) in [5.41, 5.74) is 4.84. The molecule has 2 heterocycles. The summed E-state index contributed by atoms with van der Waals surface area (Å²) < 4.78 is 0. The zero-order valence-electron chi connectivity index (χ0n) is 17.4. The number of hydrogen-bond acceptors (Lipinski definition) is 2. The molecule has 0 amide bonds. The van der Waals surface area contributed by atoms with Crippen LogP contribution in [0.25, 0.3) is 22.2 Å². The Morgan fingerprint density at radius 1 is 0.697 bits per heavy atom. The summed E-state index contributed by atoms with van der Waals surface area (Å²) in [5.74, 6) is 0.000360. The summed E-state index contributed by atoms with van der Waals surface area (Å²) in [6.45, 7) is 0. The molecule has 160 valence electrons. The van der Waals surface area contributed by atoms with Crippen molar-refractivity contribution in [3.05, 3.63) is 124 Å². The third-order valence-corrected chi connectivity index (χ3v) is 6.83. The highest BCUT2D eigenvalue weighted by Gasteiger charge is 2.50. The molecular formula is C28H18Cl2N2O. The molecule has 1 atom stereocenters. The van der Waals surface area contributed by atoms with E-state index in [1.54, 1.807) is 0 Å². The first kappa shape index (κ1) is 20.1. The minimum atomic E-state index is -1.12. The average Bonchev–Trinajstić information content (AvgIpc) is 3.37. The third kappa shape index (κ3) is 3.01. The van der Waals surface area contributed by atoms with Crippen LogP contribution < -0.4 is 5.32 Å². The second-order valence-corrected chi connectivity index (χ2v) is 9.06. The van der Waals surface area contributed by atoms with Gasteiger partial charge < -0.3 is 10.3 Å². The van der Waals surface area contributed by atoms with Crippen molar-refractivity contribution in [1.29, 1.82) is 0 Å². The van der Waals surface area contributed by atoms with Crippen molar-refractivity contribution in [3.63, 3.8) is 0 Å². The van der Waals surface area contributed by atoms with Gasteiger partial charge in [0.2, 0.25) is 0 Å². The first-order chi connectivity index (χ1) is 16.1. The van der Waals surface area contributed by atoms with Gasteiger partial charge in [-0.3, -0.25) is 4.79 Å². The van der Waals surface area contributed by atoms with Gasteiger partial charge in [0.05, 0.1) is 5.69 Å². The molecule has 0 saturated carbocycles. The number of carbonyl (C=O) groups is 1. The molecule has 1 aliphatic rings. The summed E-state index contributed by atoms with van der Waals surface area (Å²) in [6, 6.07) is 30.9. The predicted molar refractivity (Wildman–Crippen MR) is 135 cm³/mol. The van der Waals surface area contributed by atoms with Gasteiger partial charge in [0, 0.05) is 37.8 Å². The topological polar surface area (TPSA) is 44.9 Å². The molecule has 4 aromatic carbocycles. The SMILES string of the molecule is O=C1c2ccccc2NC1(c1ccc(Cl)cc1)c1c(-c2ccc(Cl)cc2)[nH]c2ccccc12.